The first-order valence-electron chi connectivity index (χ1n) is 8.39. The fraction of sp³-hybridized carbons (Fsp3) is 0.400. The van der Waals surface area contributed by atoms with Crippen molar-refractivity contribution < 1.29 is 14.3 Å². The van der Waals surface area contributed by atoms with E-state index in [2.05, 4.69) is 37.9 Å². The number of benzene rings is 1. The van der Waals surface area contributed by atoms with E-state index < -0.39 is 5.92 Å². The number of ether oxygens (including phenoxy) is 2. The molecule has 0 aromatic heterocycles. The summed E-state index contributed by atoms with van der Waals surface area (Å²) in [5, 5.41) is 13.4. The molecule has 26 heavy (non-hydrogen) atoms. The molecule has 6 heteroatoms. The van der Waals surface area contributed by atoms with Crippen LogP contribution in [0.25, 0.3) is 0 Å². The van der Waals surface area contributed by atoms with Gasteiger partial charge in [0.2, 0.25) is 0 Å². The standard InChI is InChI=1S/C20H22N2O3S/c1-20(2)8-13-18(14(23)9-20)17(12(10-21)19(26)22-13)11-5-6-15(24-3)16(7-11)25-4/h5-7,17,22,26H,8-9H2,1-4H3/t17-/m0/s1. The van der Waals surface area contributed by atoms with Gasteiger partial charge >= 0.3 is 0 Å². The average Bonchev–Trinajstić information content (AvgIpc) is 2.58. The van der Waals surface area contributed by atoms with Crippen LogP contribution >= 0.6 is 12.6 Å². The van der Waals surface area contributed by atoms with Gasteiger partial charge in [0.15, 0.2) is 17.3 Å². The lowest BCUT2D eigenvalue weighted by molar-refractivity contribution is -0.118. The Morgan fingerprint density at radius 3 is 2.54 bits per heavy atom. The molecular formula is C20H22N2O3S. The van der Waals surface area contributed by atoms with E-state index in [1.165, 1.54) is 0 Å². The summed E-state index contributed by atoms with van der Waals surface area (Å²) in [6.45, 7) is 4.15. The zero-order chi connectivity index (χ0) is 19.1. The van der Waals surface area contributed by atoms with E-state index in [0.717, 1.165) is 17.7 Å². The highest BCUT2D eigenvalue weighted by molar-refractivity contribution is 7.84. The molecule has 0 bridgehead atoms. The zero-order valence-electron chi connectivity index (χ0n) is 15.3. The van der Waals surface area contributed by atoms with Crippen molar-refractivity contribution in [2.75, 3.05) is 14.2 Å². The lowest BCUT2D eigenvalue weighted by Gasteiger charge is -2.38. The number of hydrogen-bond donors (Lipinski definition) is 2. The van der Waals surface area contributed by atoms with Crippen LogP contribution in [0, 0.1) is 16.7 Å². The van der Waals surface area contributed by atoms with E-state index in [4.69, 9.17) is 9.47 Å². The molecule has 0 saturated carbocycles. The van der Waals surface area contributed by atoms with Crippen LogP contribution in [-0.2, 0) is 4.79 Å². The van der Waals surface area contributed by atoms with E-state index in [1.54, 1.807) is 20.3 Å². The Bertz CT molecular complexity index is 878. The van der Waals surface area contributed by atoms with Crippen molar-refractivity contribution in [2.24, 2.45) is 5.41 Å². The molecule has 0 spiro atoms. The summed E-state index contributed by atoms with van der Waals surface area (Å²) in [5.41, 5.74) is 2.64. The minimum Gasteiger partial charge on any atom is -0.493 e. The van der Waals surface area contributed by atoms with Crippen molar-refractivity contribution in [1.82, 2.24) is 5.32 Å². The van der Waals surface area contributed by atoms with Gasteiger partial charge < -0.3 is 14.8 Å². The number of dihydropyridines is 1. The molecule has 3 rings (SSSR count). The minimum atomic E-state index is -0.452. The molecule has 136 valence electrons. The Labute approximate surface area is 159 Å². The number of ketones is 1. The van der Waals surface area contributed by atoms with Crippen LogP contribution in [0.1, 0.15) is 38.2 Å². The largest absolute Gasteiger partial charge is 0.493 e. The third-order valence-corrected chi connectivity index (χ3v) is 5.24. The first kappa shape index (κ1) is 18.4. The fourth-order valence-electron chi connectivity index (χ4n) is 3.76. The topological polar surface area (TPSA) is 71.3 Å². The van der Waals surface area contributed by atoms with E-state index in [9.17, 15) is 10.1 Å². The number of methoxy groups -OCH3 is 2. The van der Waals surface area contributed by atoms with Crippen molar-refractivity contribution in [1.29, 1.82) is 5.26 Å². The second-order valence-corrected chi connectivity index (χ2v) is 7.83. The lowest BCUT2D eigenvalue weighted by atomic mass is 9.69. The summed E-state index contributed by atoms with van der Waals surface area (Å²) in [5.74, 6) is 0.778. The molecule has 0 radical (unpaired) electrons. The molecule has 0 unspecified atom stereocenters. The van der Waals surface area contributed by atoms with Crippen LogP contribution in [0.5, 0.6) is 11.5 Å². The molecule has 1 atom stereocenters. The van der Waals surface area contributed by atoms with Crippen LogP contribution < -0.4 is 14.8 Å². The number of nitrogens with zero attached hydrogens (tertiary/aromatic N) is 1. The predicted molar refractivity (Wildman–Crippen MR) is 102 cm³/mol. The Balaban J connectivity index is 2.18. The van der Waals surface area contributed by atoms with Gasteiger partial charge in [0, 0.05) is 17.7 Å². The predicted octanol–water partition coefficient (Wildman–Crippen LogP) is 3.70. The number of Topliss-reactive ketones (excluding diaryl/α,β-unsaturated/α-hetero) is 1. The molecule has 2 aliphatic rings. The smallest absolute Gasteiger partial charge is 0.162 e. The Morgan fingerprint density at radius 1 is 1.23 bits per heavy atom. The molecule has 0 amide bonds. The Kier molecular flexibility index (Phi) is 4.76. The highest BCUT2D eigenvalue weighted by atomic mass is 32.1. The summed E-state index contributed by atoms with van der Waals surface area (Å²) < 4.78 is 10.7. The van der Waals surface area contributed by atoms with Crippen LogP contribution in [0.15, 0.2) is 40.1 Å². The maximum Gasteiger partial charge on any atom is 0.162 e. The molecule has 0 saturated heterocycles. The summed E-state index contributed by atoms with van der Waals surface area (Å²) in [6.07, 6.45) is 1.19. The van der Waals surface area contributed by atoms with Gasteiger partial charge in [-0.25, -0.2) is 0 Å². The van der Waals surface area contributed by atoms with E-state index in [-0.39, 0.29) is 11.2 Å². The monoisotopic (exact) mass is 370 g/mol. The molecule has 1 aliphatic heterocycles. The third kappa shape index (κ3) is 3.08. The van der Waals surface area contributed by atoms with Gasteiger partial charge in [-0.05, 0) is 29.5 Å². The number of allylic oxidation sites excluding steroid dienone is 3. The average molecular weight is 370 g/mol. The van der Waals surface area contributed by atoms with Gasteiger partial charge in [0.1, 0.15) is 0 Å². The number of thiol groups is 1. The quantitative estimate of drug-likeness (QED) is 0.794. The van der Waals surface area contributed by atoms with Crippen LogP contribution in [-0.4, -0.2) is 20.0 Å². The fourth-order valence-corrected chi connectivity index (χ4v) is 4.07. The molecule has 1 aliphatic carbocycles. The van der Waals surface area contributed by atoms with Crippen molar-refractivity contribution in [3.63, 3.8) is 0 Å². The van der Waals surface area contributed by atoms with Crippen molar-refractivity contribution >= 4 is 18.4 Å². The van der Waals surface area contributed by atoms with Crippen LogP contribution in [0.4, 0.5) is 0 Å². The highest BCUT2D eigenvalue weighted by Crippen LogP contribution is 2.47. The summed E-state index contributed by atoms with van der Waals surface area (Å²) in [6, 6.07) is 7.71. The second kappa shape index (κ2) is 6.73. The molecule has 0 fully saturated rings. The van der Waals surface area contributed by atoms with E-state index in [1.807, 2.05) is 12.1 Å². The number of hydrogen-bond acceptors (Lipinski definition) is 6. The van der Waals surface area contributed by atoms with E-state index in [0.29, 0.717) is 34.1 Å². The van der Waals surface area contributed by atoms with Crippen LogP contribution in [0.3, 0.4) is 0 Å². The van der Waals surface area contributed by atoms with Gasteiger partial charge in [-0.3, -0.25) is 4.79 Å². The van der Waals surface area contributed by atoms with E-state index >= 15 is 0 Å². The zero-order valence-corrected chi connectivity index (χ0v) is 16.2. The molecule has 1 aromatic carbocycles. The van der Waals surface area contributed by atoms with Gasteiger partial charge in [-0.15, -0.1) is 12.6 Å². The Hall–Kier alpha value is -2.39. The maximum atomic E-state index is 13.0. The minimum absolute atomic E-state index is 0.0668. The van der Waals surface area contributed by atoms with Crippen molar-refractivity contribution in [3.05, 3.63) is 45.6 Å². The first-order valence-corrected chi connectivity index (χ1v) is 8.84. The highest BCUT2D eigenvalue weighted by Gasteiger charge is 2.41. The molecule has 1 aromatic rings. The van der Waals surface area contributed by atoms with Gasteiger partial charge in [-0.1, -0.05) is 19.9 Å². The van der Waals surface area contributed by atoms with Crippen molar-refractivity contribution in [2.45, 2.75) is 32.6 Å². The summed E-state index contributed by atoms with van der Waals surface area (Å²) in [7, 11) is 3.13. The molecule has 5 nitrogen and oxygen atoms in total. The lowest BCUT2D eigenvalue weighted by Crippen LogP contribution is -2.36. The third-order valence-electron chi connectivity index (χ3n) is 4.88. The molecule has 1 heterocycles. The normalized spacial score (nSPS) is 21.7. The number of rotatable bonds is 3. The molecule has 1 N–H and O–H groups in total. The van der Waals surface area contributed by atoms with Gasteiger partial charge in [0.05, 0.1) is 36.8 Å². The van der Waals surface area contributed by atoms with Crippen molar-refractivity contribution in [3.8, 4) is 17.6 Å². The summed E-state index contributed by atoms with van der Waals surface area (Å²) in [4.78, 5) is 13.0. The number of carbonyl (C=O) groups excluding carboxylic acids is 1. The van der Waals surface area contributed by atoms with Gasteiger partial charge in [0.25, 0.3) is 0 Å². The van der Waals surface area contributed by atoms with Crippen LogP contribution in [0.2, 0.25) is 0 Å². The second-order valence-electron chi connectivity index (χ2n) is 7.38. The van der Waals surface area contributed by atoms with Gasteiger partial charge in [-0.2, -0.15) is 5.26 Å². The molecular weight excluding hydrogens is 348 g/mol. The summed E-state index contributed by atoms with van der Waals surface area (Å²) >= 11 is 4.48. The number of nitriles is 1. The number of carbonyl (C=O) groups is 1. The Morgan fingerprint density at radius 2 is 1.92 bits per heavy atom. The SMILES string of the molecule is COc1ccc([C@H]2C(C#N)=C(S)NC3=C2C(=O)CC(C)(C)C3)cc1OC. The number of nitrogens with one attached hydrogen (secondary N) is 1. The first-order chi connectivity index (χ1) is 12.3. The maximum absolute atomic E-state index is 13.0.